The summed E-state index contributed by atoms with van der Waals surface area (Å²) in [6, 6.07) is 0. The molecular weight excluding hydrogens is 168 g/mol. The van der Waals surface area contributed by atoms with E-state index in [1.807, 2.05) is 20.8 Å². The summed E-state index contributed by atoms with van der Waals surface area (Å²) in [7, 11) is 0. The third kappa shape index (κ3) is 2.97. The van der Waals surface area contributed by atoms with E-state index in [0.29, 0.717) is 6.73 Å². The predicted octanol–water partition coefficient (Wildman–Crippen LogP) is 0.366. The lowest BCUT2D eigenvalue weighted by atomic mass is 10.2. The van der Waals surface area contributed by atoms with Gasteiger partial charge in [-0.25, -0.2) is 0 Å². The van der Waals surface area contributed by atoms with Gasteiger partial charge in [-0.1, -0.05) is 0 Å². The Hall–Kier alpha value is -0.610. The normalized spacial score (nSPS) is 19.9. The van der Waals surface area contributed by atoms with E-state index < -0.39 is 5.54 Å². The largest absolute Gasteiger partial charge is 0.368 e. The van der Waals surface area contributed by atoms with Crippen LogP contribution in [0.3, 0.4) is 0 Å². The van der Waals surface area contributed by atoms with E-state index in [4.69, 9.17) is 10.5 Å². The highest BCUT2D eigenvalue weighted by atomic mass is 16.5. The molecule has 1 aliphatic rings. The van der Waals surface area contributed by atoms with Gasteiger partial charge in [0.1, 0.15) is 0 Å². The Kier molecular flexibility index (Phi) is 2.63. The summed E-state index contributed by atoms with van der Waals surface area (Å²) < 4.78 is 5.44. The van der Waals surface area contributed by atoms with Gasteiger partial charge in [0.15, 0.2) is 0 Å². The van der Waals surface area contributed by atoms with Crippen molar-refractivity contribution in [2.75, 3.05) is 6.73 Å². The topological polar surface area (TPSA) is 64.3 Å². The van der Waals surface area contributed by atoms with Gasteiger partial charge in [0, 0.05) is 0 Å². The third-order valence-electron chi connectivity index (χ3n) is 2.14. The van der Waals surface area contributed by atoms with Gasteiger partial charge in [-0.15, -0.1) is 0 Å². The van der Waals surface area contributed by atoms with Crippen molar-refractivity contribution in [2.24, 2.45) is 5.73 Å². The minimum absolute atomic E-state index is 0.180. The van der Waals surface area contributed by atoms with Crippen LogP contribution in [0.25, 0.3) is 0 Å². The van der Waals surface area contributed by atoms with Gasteiger partial charge >= 0.3 is 0 Å². The van der Waals surface area contributed by atoms with Crippen molar-refractivity contribution in [1.29, 1.82) is 0 Å². The van der Waals surface area contributed by atoms with Crippen LogP contribution in [0.2, 0.25) is 0 Å². The highest BCUT2D eigenvalue weighted by Crippen LogP contribution is 2.34. The van der Waals surface area contributed by atoms with Crippen molar-refractivity contribution in [1.82, 2.24) is 5.32 Å². The first-order valence-electron chi connectivity index (χ1n) is 4.55. The molecule has 0 radical (unpaired) electrons. The second kappa shape index (κ2) is 3.27. The number of nitrogens with one attached hydrogen (secondary N) is 1. The van der Waals surface area contributed by atoms with Gasteiger partial charge in [0.25, 0.3) is 0 Å². The Morgan fingerprint density at radius 3 is 2.38 bits per heavy atom. The number of hydrogen-bond donors (Lipinski definition) is 2. The highest BCUT2D eigenvalue weighted by molar-refractivity contribution is 5.87. The Balaban J connectivity index is 2.24. The van der Waals surface area contributed by atoms with Crippen LogP contribution in [0.5, 0.6) is 0 Å². The van der Waals surface area contributed by atoms with Gasteiger partial charge in [-0.2, -0.15) is 0 Å². The lowest BCUT2D eigenvalue weighted by Crippen LogP contribution is -2.45. The van der Waals surface area contributed by atoms with Gasteiger partial charge in [0.05, 0.1) is 17.9 Å². The number of primary amides is 1. The summed E-state index contributed by atoms with van der Waals surface area (Å²) >= 11 is 0. The maximum Gasteiger partial charge on any atom is 0.237 e. The number of rotatable bonds is 4. The van der Waals surface area contributed by atoms with Crippen molar-refractivity contribution < 1.29 is 9.53 Å². The molecule has 0 aromatic rings. The van der Waals surface area contributed by atoms with Crippen LogP contribution in [0.4, 0.5) is 0 Å². The number of hydrogen-bond acceptors (Lipinski definition) is 3. The van der Waals surface area contributed by atoms with E-state index in [9.17, 15) is 4.79 Å². The smallest absolute Gasteiger partial charge is 0.237 e. The number of carbonyl (C=O) groups excluding carboxylic acids is 1. The maximum absolute atomic E-state index is 10.9. The molecule has 0 heterocycles. The first-order chi connectivity index (χ1) is 5.86. The molecule has 0 saturated heterocycles. The van der Waals surface area contributed by atoms with Crippen molar-refractivity contribution in [2.45, 2.75) is 44.8 Å². The van der Waals surface area contributed by atoms with E-state index >= 15 is 0 Å². The van der Waals surface area contributed by atoms with Crippen LogP contribution in [0.15, 0.2) is 0 Å². The molecule has 4 nitrogen and oxygen atoms in total. The molecule has 3 N–H and O–H groups in total. The monoisotopic (exact) mass is 186 g/mol. The van der Waals surface area contributed by atoms with Gasteiger partial charge < -0.3 is 10.5 Å². The van der Waals surface area contributed by atoms with E-state index in [0.717, 1.165) is 12.8 Å². The molecule has 76 valence electrons. The van der Waals surface area contributed by atoms with Gasteiger partial charge in [-0.3, -0.25) is 10.1 Å². The highest BCUT2D eigenvalue weighted by Gasteiger charge is 2.48. The fraction of sp³-hybridized carbons (Fsp3) is 0.889. The molecule has 1 fully saturated rings. The number of carbonyl (C=O) groups is 1. The quantitative estimate of drug-likeness (QED) is 0.623. The molecule has 4 heteroatoms. The average molecular weight is 186 g/mol. The van der Waals surface area contributed by atoms with Gasteiger partial charge in [-0.05, 0) is 33.6 Å². The first-order valence-corrected chi connectivity index (χ1v) is 4.55. The van der Waals surface area contributed by atoms with E-state index in [-0.39, 0.29) is 11.5 Å². The predicted molar refractivity (Wildman–Crippen MR) is 50.0 cm³/mol. The molecule has 0 unspecified atom stereocenters. The fourth-order valence-electron chi connectivity index (χ4n) is 1.03. The lowest BCUT2D eigenvalue weighted by Gasteiger charge is -2.22. The fourth-order valence-corrected chi connectivity index (χ4v) is 1.03. The molecule has 1 rings (SSSR count). The SMILES string of the molecule is CC(C)(C)OCNC1(C(N)=O)CC1. The maximum atomic E-state index is 10.9. The zero-order valence-corrected chi connectivity index (χ0v) is 8.52. The van der Waals surface area contributed by atoms with Crippen molar-refractivity contribution in [3.8, 4) is 0 Å². The molecule has 0 aromatic heterocycles. The second-order valence-electron chi connectivity index (χ2n) is 4.52. The van der Waals surface area contributed by atoms with Crippen LogP contribution in [-0.4, -0.2) is 23.8 Å². The number of nitrogens with two attached hydrogens (primary N) is 1. The van der Waals surface area contributed by atoms with Crippen molar-refractivity contribution in [3.63, 3.8) is 0 Å². The zero-order chi connectivity index (χ0) is 10.1. The standard InChI is InChI=1S/C9H18N2O2/c1-8(2,3)13-6-11-9(4-5-9)7(10)12/h11H,4-6H2,1-3H3,(H2,10,12). The lowest BCUT2D eigenvalue weighted by molar-refractivity contribution is -0.122. The Morgan fingerprint density at radius 1 is 1.54 bits per heavy atom. The third-order valence-corrected chi connectivity index (χ3v) is 2.14. The first kappa shape index (κ1) is 10.5. The average Bonchev–Trinajstić information content (AvgIpc) is 2.65. The summed E-state index contributed by atoms with van der Waals surface area (Å²) in [6.45, 7) is 6.29. The summed E-state index contributed by atoms with van der Waals surface area (Å²) in [5.74, 6) is -0.273. The van der Waals surface area contributed by atoms with Crippen LogP contribution >= 0.6 is 0 Å². The zero-order valence-electron chi connectivity index (χ0n) is 8.52. The second-order valence-corrected chi connectivity index (χ2v) is 4.52. The molecule has 0 atom stereocenters. The minimum Gasteiger partial charge on any atom is -0.368 e. The Bertz CT molecular complexity index is 204. The molecule has 0 spiro atoms. The summed E-state index contributed by atoms with van der Waals surface area (Å²) in [4.78, 5) is 10.9. The van der Waals surface area contributed by atoms with Crippen LogP contribution in [0, 0.1) is 0 Å². The molecular formula is C9H18N2O2. The Morgan fingerprint density at radius 2 is 2.08 bits per heavy atom. The summed E-state index contributed by atoms with van der Waals surface area (Å²) in [6.07, 6.45) is 1.66. The molecule has 0 aliphatic heterocycles. The Labute approximate surface area is 78.8 Å². The summed E-state index contributed by atoms with van der Waals surface area (Å²) in [5, 5.41) is 3.03. The molecule has 1 amide bonds. The minimum atomic E-state index is -0.467. The van der Waals surface area contributed by atoms with Crippen LogP contribution < -0.4 is 11.1 Å². The van der Waals surface area contributed by atoms with E-state index in [1.54, 1.807) is 0 Å². The van der Waals surface area contributed by atoms with Crippen molar-refractivity contribution >= 4 is 5.91 Å². The molecule has 13 heavy (non-hydrogen) atoms. The van der Waals surface area contributed by atoms with E-state index in [1.165, 1.54) is 0 Å². The number of amides is 1. The van der Waals surface area contributed by atoms with Gasteiger partial charge in [0.2, 0.25) is 5.91 Å². The van der Waals surface area contributed by atoms with Crippen molar-refractivity contribution in [3.05, 3.63) is 0 Å². The molecule has 0 bridgehead atoms. The van der Waals surface area contributed by atoms with Crippen LogP contribution in [-0.2, 0) is 9.53 Å². The van der Waals surface area contributed by atoms with Crippen LogP contribution in [0.1, 0.15) is 33.6 Å². The van der Waals surface area contributed by atoms with E-state index in [2.05, 4.69) is 5.32 Å². The molecule has 0 aromatic carbocycles. The summed E-state index contributed by atoms with van der Waals surface area (Å²) in [5.41, 5.74) is 4.58. The molecule has 1 aliphatic carbocycles. The molecule has 1 saturated carbocycles. The number of ether oxygens (including phenoxy) is 1.